The minimum absolute atomic E-state index is 0.0601. The third-order valence-electron chi connectivity index (χ3n) is 2.78. The summed E-state index contributed by atoms with van der Waals surface area (Å²) in [6, 6.07) is 4.50. The Morgan fingerprint density at radius 2 is 2.05 bits per heavy atom. The number of imide groups is 1. The average Bonchev–Trinajstić information content (AvgIpc) is 2.66. The van der Waals surface area contributed by atoms with Crippen molar-refractivity contribution < 1.29 is 28.3 Å². The summed E-state index contributed by atoms with van der Waals surface area (Å²) in [4.78, 5) is 35.7. The van der Waals surface area contributed by atoms with Crippen molar-refractivity contribution in [3.05, 3.63) is 29.8 Å². The Morgan fingerprint density at radius 3 is 2.65 bits per heavy atom. The van der Waals surface area contributed by atoms with Crippen LogP contribution in [0, 0.1) is 0 Å². The van der Waals surface area contributed by atoms with E-state index in [1.54, 1.807) is 0 Å². The monoisotopic (exact) mass is 284 g/mol. The van der Waals surface area contributed by atoms with Gasteiger partial charge in [0.25, 0.3) is 12.3 Å². The zero-order valence-corrected chi connectivity index (χ0v) is 10.1. The molecular weight excluding hydrogens is 274 g/mol. The number of anilines is 1. The second kappa shape index (κ2) is 5.24. The summed E-state index contributed by atoms with van der Waals surface area (Å²) < 4.78 is 24.6. The Hall–Kier alpha value is -2.51. The Kier molecular flexibility index (Phi) is 3.64. The minimum Gasteiger partial charge on any atom is -0.478 e. The number of halogens is 2. The van der Waals surface area contributed by atoms with Crippen LogP contribution >= 0.6 is 0 Å². The van der Waals surface area contributed by atoms with Crippen LogP contribution in [0.3, 0.4) is 0 Å². The lowest BCUT2D eigenvalue weighted by atomic mass is 10.2. The lowest BCUT2D eigenvalue weighted by Crippen LogP contribution is -2.36. The number of nitrogens with zero attached hydrogens (tertiary/aromatic N) is 2. The van der Waals surface area contributed by atoms with E-state index in [0.717, 1.165) is 4.90 Å². The Balaban J connectivity index is 2.26. The molecule has 0 aliphatic carbocycles. The van der Waals surface area contributed by atoms with E-state index in [-0.39, 0.29) is 17.8 Å². The molecule has 1 aliphatic heterocycles. The molecule has 1 aromatic carbocycles. The maximum Gasteiger partial charge on any atom is 0.335 e. The molecule has 8 heteroatoms. The third kappa shape index (κ3) is 2.58. The van der Waals surface area contributed by atoms with Gasteiger partial charge in [0, 0.05) is 5.69 Å². The number of amides is 3. The predicted molar refractivity (Wildman–Crippen MR) is 63.9 cm³/mol. The lowest BCUT2D eigenvalue weighted by Gasteiger charge is -2.17. The SMILES string of the molecule is O=C(O)c1cccc(N2CC(=O)N(CC(F)F)C2=O)c1. The van der Waals surface area contributed by atoms with Gasteiger partial charge in [-0.15, -0.1) is 0 Å². The number of aromatic carboxylic acids is 1. The molecule has 0 atom stereocenters. The van der Waals surface area contributed by atoms with E-state index in [1.807, 2.05) is 0 Å². The normalized spacial score (nSPS) is 15.3. The quantitative estimate of drug-likeness (QED) is 0.848. The van der Waals surface area contributed by atoms with E-state index in [2.05, 4.69) is 0 Å². The maximum atomic E-state index is 12.3. The van der Waals surface area contributed by atoms with Gasteiger partial charge in [-0.25, -0.2) is 18.4 Å². The molecule has 106 valence electrons. The molecule has 1 N–H and O–H groups in total. The molecule has 1 heterocycles. The Labute approximate surface area is 112 Å². The number of rotatable bonds is 4. The molecule has 3 amide bonds. The summed E-state index contributed by atoms with van der Waals surface area (Å²) in [5.41, 5.74) is 0.120. The van der Waals surface area contributed by atoms with E-state index in [0.29, 0.717) is 4.90 Å². The molecular formula is C12H10F2N2O4. The summed E-state index contributed by atoms with van der Waals surface area (Å²) in [5, 5.41) is 8.86. The van der Waals surface area contributed by atoms with Crippen molar-refractivity contribution in [2.24, 2.45) is 0 Å². The van der Waals surface area contributed by atoms with E-state index in [4.69, 9.17) is 5.11 Å². The number of urea groups is 1. The molecule has 1 saturated heterocycles. The Morgan fingerprint density at radius 1 is 1.35 bits per heavy atom. The van der Waals surface area contributed by atoms with Gasteiger partial charge in [-0.1, -0.05) is 6.07 Å². The molecule has 0 unspecified atom stereocenters. The van der Waals surface area contributed by atoms with Crippen molar-refractivity contribution in [3.63, 3.8) is 0 Å². The molecule has 0 spiro atoms. The number of carbonyl (C=O) groups excluding carboxylic acids is 2. The molecule has 0 radical (unpaired) electrons. The summed E-state index contributed by atoms with van der Waals surface area (Å²) >= 11 is 0. The highest BCUT2D eigenvalue weighted by Gasteiger charge is 2.38. The first-order valence-corrected chi connectivity index (χ1v) is 5.63. The van der Waals surface area contributed by atoms with Crippen molar-refractivity contribution in [2.75, 3.05) is 18.0 Å². The molecule has 2 rings (SSSR count). The van der Waals surface area contributed by atoms with Crippen LogP contribution in [-0.4, -0.2) is 47.4 Å². The van der Waals surface area contributed by atoms with Crippen LogP contribution in [0.25, 0.3) is 0 Å². The highest BCUT2D eigenvalue weighted by molar-refractivity contribution is 6.12. The highest BCUT2D eigenvalue weighted by atomic mass is 19.3. The molecule has 0 saturated carbocycles. The first-order valence-electron chi connectivity index (χ1n) is 5.63. The molecule has 1 aromatic rings. The van der Waals surface area contributed by atoms with Crippen molar-refractivity contribution in [1.82, 2.24) is 4.90 Å². The van der Waals surface area contributed by atoms with E-state index in [1.165, 1.54) is 24.3 Å². The number of carboxylic acids is 1. The van der Waals surface area contributed by atoms with Crippen molar-refractivity contribution in [1.29, 1.82) is 0 Å². The van der Waals surface area contributed by atoms with Gasteiger partial charge in [0.05, 0.1) is 12.1 Å². The fraction of sp³-hybridized carbons (Fsp3) is 0.250. The van der Waals surface area contributed by atoms with Gasteiger partial charge in [0.1, 0.15) is 6.54 Å². The molecule has 1 fully saturated rings. The summed E-state index contributed by atoms with van der Waals surface area (Å²) in [6.07, 6.45) is -2.81. The van der Waals surface area contributed by atoms with Gasteiger partial charge in [-0.05, 0) is 18.2 Å². The number of carbonyl (C=O) groups is 3. The highest BCUT2D eigenvalue weighted by Crippen LogP contribution is 2.22. The second-order valence-corrected chi connectivity index (χ2v) is 4.12. The lowest BCUT2D eigenvalue weighted by molar-refractivity contribution is -0.126. The van der Waals surface area contributed by atoms with Crippen molar-refractivity contribution in [3.8, 4) is 0 Å². The minimum atomic E-state index is -2.81. The number of hydrogen-bond acceptors (Lipinski definition) is 3. The second-order valence-electron chi connectivity index (χ2n) is 4.12. The van der Waals surface area contributed by atoms with Crippen LogP contribution in [0.2, 0.25) is 0 Å². The molecule has 1 aliphatic rings. The van der Waals surface area contributed by atoms with Crippen LogP contribution in [0.4, 0.5) is 19.3 Å². The van der Waals surface area contributed by atoms with Gasteiger partial charge in [-0.2, -0.15) is 0 Å². The third-order valence-corrected chi connectivity index (χ3v) is 2.78. The van der Waals surface area contributed by atoms with Gasteiger partial charge in [0.15, 0.2) is 0 Å². The zero-order valence-electron chi connectivity index (χ0n) is 10.1. The van der Waals surface area contributed by atoms with Crippen LogP contribution < -0.4 is 4.90 Å². The first-order chi connectivity index (χ1) is 9.40. The van der Waals surface area contributed by atoms with Gasteiger partial charge >= 0.3 is 12.0 Å². The van der Waals surface area contributed by atoms with Gasteiger partial charge in [0.2, 0.25) is 0 Å². The van der Waals surface area contributed by atoms with Crippen LogP contribution in [0.15, 0.2) is 24.3 Å². The number of hydrogen-bond donors (Lipinski definition) is 1. The Bertz CT molecular complexity index is 576. The topological polar surface area (TPSA) is 77.9 Å². The summed E-state index contributed by atoms with van der Waals surface area (Å²) in [7, 11) is 0. The maximum absolute atomic E-state index is 12.3. The molecule has 0 aromatic heterocycles. The average molecular weight is 284 g/mol. The largest absolute Gasteiger partial charge is 0.478 e. The van der Waals surface area contributed by atoms with Crippen LogP contribution in [0.1, 0.15) is 10.4 Å². The first kappa shape index (κ1) is 13.9. The summed E-state index contributed by atoms with van der Waals surface area (Å²) in [6.45, 7) is -1.35. The number of benzene rings is 1. The van der Waals surface area contributed by atoms with Crippen LogP contribution in [0.5, 0.6) is 0 Å². The van der Waals surface area contributed by atoms with E-state index >= 15 is 0 Å². The van der Waals surface area contributed by atoms with E-state index < -0.39 is 30.9 Å². The molecule has 20 heavy (non-hydrogen) atoms. The molecule has 6 nitrogen and oxygen atoms in total. The van der Waals surface area contributed by atoms with Gasteiger partial charge in [-0.3, -0.25) is 14.6 Å². The number of carboxylic acid groups (broad SMARTS) is 1. The fourth-order valence-corrected chi connectivity index (χ4v) is 1.87. The molecule has 0 bridgehead atoms. The fourth-order valence-electron chi connectivity index (χ4n) is 1.87. The number of alkyl halides is 2. The van der Waals surface area contributed by atoms with Crippen molar-refractivity contribution in [2.45, 2.75) is 6.43 Å². The van der Waals surface area contributed by atoms with Crippen LogP contribution in [-0.2, 0) is 4.79 Å². The van der Waals surface area contributed by atoms with E-state index in [9.17, 15) is 23.2 Å². The van der Waals surface area contributed by atoms with Crippen molar-refractivity contribution >= 4 is 23.6 Å². The standard InChI is InChI=1S/C12H10F2N2O4/c13-9(14)5-16-10(17)6-15(12(16)20)8-3-1-2-7(4-8)11(18)19/h1-4,9H,5-6H2,(H,18,19). The smallest absolute Gasteiger partial charge is 0.335 e. The zero-order chi connectivity index (χ0) is 14.9. The van der Waals surface area contributed by atoms with Gasteiger partial charge < -0.3 is 5.11 Å². The predicted octanol–water partition coefficient (Wildman–Crippen LogP) is 1.42. The summed E-state index contributed by atoms with van der Waals surface area (Å²) in [5.74, 6) is -1.93.